The lowest BCUT2D eigenvalue weighted by atomic mass is 9.76. The van der Waals surface area contributed by atoms with Crippen LogP contribution in [0.15, 0.2) is 47.7 Å². The molecule has 0 N–H and O–H groups in total. The Morgan fingerprint density at radius 1 is 1.04 bits per heavy atom. The van der Waals surface area contributed by atoms with Gasteiger partial charge in [-0.1, -0.05) is 35.9 Å². The van der Waals surface area contributed by atoms with Crippen molar-refractivity contribution in [2.75, 3.05) is 4.90 Å². The molecular formula is C23H21ClFNO2. The number of benzene rings is 2. The van der Waals surface area contributed by atoms with Gasteiger partial charge in [-0.2, -0.15) is 0 Å². The minimum Gasteiger partial charge on any atom is -0.294 e. The molecule has 0 fully saturated rings. The maximum atomic E-state index is 14.7. The first-order valence-electron chi connectivity index (χ1n) is 9.49. The number of hydrogen-bond acceptors (Lipinski definition) is 2. The van der Waals surface area contributed by atoms with Crippen molar-refractivity contribution < 1.29 is 14.0 Å². The Hall–Kier alpha value is -2.46. The highest BCUT2D eigenvalue weighted by molar-refractivity contribution is 6.31. The zero-order chi connectivity index (χ0) is 20.0. The predicted octanol–water partition coefficient (Wildman–Crippen LogP) is 5.62. The Balaban J connectivity index is 1.96. The second-order valence-corrected chi connectivity index (χ2v) is 7.91. The van der Waals surface area contributed by atoms with Crippen molar-refractivity contribution >= 4 is 29.0 Å². The fourth-order valence-electron chi connectivity index (χ4n) is 4.50. The van der Waals surface area contributed by atoms with Crippen LogP contribution in [-0.4, -0.2) is 11.7 Å². The molecule has 1 heterocycles. The number of para-hydroxylation sites is 1. The normalized spacial score (nSPS) is 19.9. The summed E-state index contributed by atoms with van der Waals surface area (Å²) >= 11 is 6.29. The van der Waals surface area contributed by atoms with Gasteiger partial charge in [-0.05, 0) is 49.9 Å². The van der Waals surface area contributed by atoms with E-state index in [2.05, 4.69) is 0 Å². The summed E-state index contributed by atoms with van der Waals surface area (Å²) in [5.41, 5.74) is 4.27. The summed E-state index contributed by atoms with van der Waals surface area (Å²) < 4.78 is 14.7. The molecule has 0 spiro atoms. The molecule has 144 valence electrons. The van der Waals surface area contributed by atoms with E-state index in [9.17, 15) is 14.0 Å². The van der Waals surface area contributed by atoms with E-state index in [4.69, 9.17) is 11.6 Å². The highest BCUT2D eigenvalue weighted by Crippen LogP contribution is 2.46. The molecule has 1 aliphatic heterocycles. The number of nitrogens with zero attached hydrogens (tertiary/aromatic N) is 1. The lowest BCUT2D eigenvalue weighted by molar-refractivity contribution is -0.120. The summed E-state index contributed by atoms with van der Waals surface area (Å²) in [4.78, 5) is 27.9. The molecule has 1 atom stereocenters. The van der Waals surface area contributed by atoms with E-state index in [-0.39, 0.29) is 28.7 Å². The van der Waals surface area contributed by atoms with Crippen molar-refractivity contribution in [3.8, 4) is 0 Å². The number of carbonyl (C=O) groups is 2. The van der Waals surface area contributed by atoms with Crippen LogP contribution in [-0.2, 0) is 9.59 Å². The number of rotatable bonds is 2. The first-order valence-corrected chi connectivity index (χ1v) is 9.87. The zero-order valence-corrected chi connectivity index (χ0v) is 16.6. The van der Waals surface area contributed by atoms with Crippen molar-refractivity contribution in [1.29, 1.82) is 0 Å². The Kier molecular flexibility index (Phi) is 4.84. The van der Waals surface area contributed by atoms with E-state index in [0.717, 1.165) is 16.8 Å². The molecule has 0 aromatic heterocycles. The molecule has 1 amide bonds. The monoisotopic (exact) mass is 397 g/mol. The third-order valence-electron chi connectivity index (χ3n) is 5.69. The summed E-state index contributed by atoms with van der Waals surface area (Å²) in [6, 6.07) is 10.3. The van der Waals surface area contributed by atoms with Gasteiger partial charge in [0.2, 0.25) is 5.91 Å². The molecule has 1 unspecified atom stereocenters. The number of Topliss-reactive ketones (excluding diaryl/α,β-unsaturated/α-hetero) is 1. The number of hydrogen-bond donors (Lipinski definition) is 0. The molecule has 5 heteroatoms. The van der Waals surface area contributed by atoms with Gasteiger partial charge in [-0.25, -0.2) is 4.39 Å². The first-order chi connectivity index (χ1) is 13.4. The molecule has 0 saturated carbocycles. The number of carbonyl (C=O) groups excluding carboxylic acids is 2. The SMILES string of the molecule is Cc1cccc(C)c1N1C(=O)CC(c2c(F)cccc2Cl)C2=C1CCCC2=O. The van der Waals surface area contributed by atoms with Gasteiger partial charge in [0.1, 0.15) is 5.82 Å². The molecule has 0 radical (unpaired) electrons. The van der Waals surface area contributed by atoms with Crippen LogP contribution in [0, 0.1) is 19.7 Å². The van der Waals surface area contributed by atoms with E-state index in [1.807, 2.05) is 32.0 Å². The average molecular weight is 398 g/mol. The Morgan fingerprint density at radius 2 is 1.71 bits per heavy atom. The smallest absolute Gasteiger partial charge is 0.232 e. The standard InChI is InChI=1S/C23H21ClFNO2/c1-13-6-3-7-14(2)23(13)26-18-10-5-11-19(27)22(18)15(12-20(26)28)21-16(24)8-4-9-17(21)25/h3-4,6-9,15H,5,10-12H2,1-2H3. The summed E-state index contributed by atoms with van der Waals surface area (Å²) in [6.45, 7) is 3.92. The van der Waals surface area contributed by atoms with Crippen LogP contribution >= 0.6 is 11.6 Å². The Labute approximate surface area is 168 Å². The molecule has 28 heavy (non-hydrogen) atoms. The van der Waals surface area contributed by atoms with Gasteiger partial charge in [0.15, 0.2) is 5.78 Å². The van der Waals surface area contributed by atoms with Gasteiger partial charge in [0, 0.05) is 40.6 Å². The van der Waals surface area contributed by atoms with Crippen LogP contribution in [0.5, 0.6) is 0 Å². The van der Waals surface area contributed by atoms with Gasteiger partial charge in [0.05, 0.1) is 5.69 Å². The van der Waals surface area contributed by atoms with Gasteiger partial charge < -0.3 is 0 Å². The highest BCUT2D eigenvalue weighted by Gasteiger charge is 2.41. The minimum atomic E-state index is -0.635. The quantitative estimate of drug-likeness (QED) is 0.659. The lowest BCUT2D eigenvalue weighted by Gasteiger charge is -2.39. The molecule has 4 rings (SSSR count). The number of anilines is 1. The maximum Gasteiger partial charge on any atom is 0.232 e. The minimum absolute atomic E-state index is 0.0192. The molecule has 2 aliphatic rings. The van der Waals surface area contributed by atoms with Gasteiger partial charge in [-0.15, -0.1) is 0 Å². The fraction of sp³-hybridized carbons (Fsp3) is 0.304. The summed E-state index contributed by atoms with van der Waals surface area (Å²) in [5.74, 6) is -1.26. The maximum absolute atomic E-state index is 14.7. The van der Waals surface area contributed by atoms with Crippen molar-refractivity contribution in [1.82, 2.24) is 0 Å². The number of allylic oxidation sites excluding steroid dienone is 2. The van der Waals surface area contributed by atoms with E-state index >= 15 is 0 Å². The van der Waals surface area contributed by atoms with E-state index < -0.39 is 11.7 Å². The third-order valence-corrected chi connectivity index (χ3v) is 6.02. The highest BCUT2D eigenvalue weighted by atomic mass is 35.5. The number of aryl methyl sites for hydroxylation is 2. The van der Waals surface area contributed by atoms with Crippen LogP contribution in [0.1, 0.15) is 48.3 Å². The summed E-state index contributed by atoms with van der Waals surface area (Å²) in [5, 5.41) is 0.253. The van der Waals surface area contributed by atoms with Gasteiger partial charge in [-0.3, -0.25) is 14.5 Å². The molecule has 2 aromatic rings. The lowest BCUT2D eigenvalue weighted by Crippen LogP contribution is -2.41. The van der Waals surface area contributed by atoms with E-state index in [0.29, 0.717) is 30.5 Å². The van der Waals surface area contributed by atoms with Crippen molar-refractivity contribution in [3.05, 3.63) is 75.2 Å². The fourth-order valence-corrected chi connectivity index (χ4v) is 4.80. The summed E-state index contributed by atoms with van der Waals surface area (Å²) in [7, 11) is 0. The largest absolute Gasteiger partial charge is 0.294 e. The third kappa shape index (κ3) is 2.96. The Morgan fingerprint density at radius 3 is 2.39 bits per heavy atom. The van der Waals surface area contributed by atoms with Crippen molar-refractivity contribution in [2.45, 2.75) is 45.4 Å². The molecule has 1 aliphatic carbocycles. The number of amides is 1. The summed E-state index contributed by atoms with van der Waals surface area (Å²) in [6.07, 6.45) is 1.74. The van der Waals surface area contributed by atoms with E-state index in [1.54, 1.807) is 11.0 Å². The van der Waals surface area contributed by atoms with Crippen LogP contribution in [0.2, 0.25) is 5.02 Å². The van der Waals surface area contributed by atoms with E-state index in [1.165, 1.54) is 12.1 Å². The Bertz CT molecular complexity index is 987. The van der Waals surface area contributed by atoms with Crippen molar-refractivity contribution in [3.63, 3.8) is 0 Å². The molecular weight excluding hydrogens is 377 g/mol. The second-order valence-electron chi connectivity index (χ2n) is 7.50. The van der Waals surface area contributed by atoms with Gasteiger partial charge >= 0.3 is 0 Å². The van der Waals surface area contributed by atoms with Crippen LogP contribution in [0.25, 0.3) is 0 Å². The zero-order valence-electron chi connectivity index (χ0n) is 15.9. The van der Waals surface area contributed by atoms with Gasteiger partial charge in [0.25, 0.3) is 0 Å². The number of halogens is 2. The topological polar surface area (TPSA) is 37.4 Å². The van der Waals surface area contributed by atoms with Crippen LogP contribution in [0.4, 0.5) is 10.1 Å². The molecule has 2 aromatic carbocycles. The van der Waals surface area contributed by atoms with Crippen LogP contribution < -0.4 is 4.90 Å². The first kappa shape index (κ1) is 18.9. The predicted molar refractivity (Wildman–Crippen MR) is 108 cm³/mol. The number of ketones is 1. The molecule has 0 bridgehead atoms. The average Bonchev–Trinajstić information content (AvgIpc) is 2.63. The second kappa shape index (κ2) is 7.17. The molecule has 0 saturated heterocycles. The molecule has 3 nitrogen and oxygen atoms in total. The van der Waals surface area contributed by atoms with Crippen LogP contribution in [0.3, 0.4) is 0 Å². The van der Waals surface area contributed by atoms with Crippen molar-refractivity contribution in [2.24, 2.45) is 0 Å².